The number of nitrogens with zero attached hydrogens (tertiary/aromatic N) is 5. The summed E-state index contributed by atoms with van der Waals surface area (Å²) >= 11 is 1.14. The van der Waals surface area contributed by atoms with Gasteiger partial charge in [-0.3, -0.25) is 14.9 Å². The van der Waals surface area contributed by atoms with E-state index in [-0.39, 0.29) is 16.9 Å². The molecule has 11 heteroatoms. The highest BCUT2D eigenvalue weighted by atomic mass is 32.2. The fourth-order valence-electron chi connectivity index (χ4n) is 2.46. The van der Waals surface area contributed by atoms with Crippen LogP contribution in [-0.4, -0.2) is 36.6 Å². The van der Waals surface area contributed by atoms with Crippen molar-refractivity contribution in [3.05, 3.63) is 58.1 Å². The van der Waals surface area contributed by atoms with Gasteiger partial charge in [-0.15, -0.1) is 5.10 Å². The van der Waals surface area contributed by atoms with Gasteiger partial charge < -0.3 is 10.1 Å². The van der Waals surface area contributed by atoms with Gasteiger partial charge in [0.25, 0.3) is 11.6 Å². The van der Waals surface area contributed by atoms with Crippen molar-refractivity contribution in [3.8, 4) is 5.75 Å². The largest absolute Gasteiger partial charge is 0.488 e. The van der Waals surface area contributed by atoms with Crippen LogP contribution in [0.4, 0.5) is 11.4 Å². The van der Waals surface area contributed by atoms with Crippen LogP contribution in [0.1, 0.15) is 31.1 Å². The number of rotatable bonds is 6. The molecule has 0 aliphatic heterocycles. The molecule has 3 rings (SSSR count). The number of amides is 1. The maximum absolute atomic E-state index is 12.9. The second-order valence-electron chi connectivity index (χ2n) is 7.32. The van der Waals surface area contributed by atoms with Crippen LogP contribution in [0.5, 0.6) is 5.75 Å². The first-order chi connectivity index (χ1) is 14.1. The molecular formula is C19H20N6O4S. The Bertz CT molecular complexity index is 1080. The predicted molar refractivity (Wildman–Crippen MR) is 111 cm³/mol. The van der Waals surface area contributed by atoms with Crippen LogP contribution < -0.4 is 10.1 Å². The minimum Gasteiger partial charge on any atom is -0.488 e. The summed E-state index contributed by atoms with van der Waals surface area (Å²) in [4.78, 5) is 24.0. The lowest BCUT2D eigenvalue weighted by Crippen LogP contribution is -2.22. The Kier molecular flexibility index (Phi) is 6.01. The minimum absolute atomic E-state index is 0.146. The molecule has 2 aromatic carbocycles. The number of non-ortho nitro benzene ring substituents is 1. The van der Waals surface area contributed by atoms with Crippen LogP contribution in [0.3, 0.4) is 0 Å². The molecule has 0 saturated heterocycles. The molecule has 0 aliphatic rings. The molecule has 0 bridgehead atoms. The Morgan fingerprint density at radius 1 is 1.20 bits per heavy atom. The normalized spacial score (nSPS) is 11.2. The van der Waals surface area contributed by atoms with Gasteiger partial charge >= 0.3 is 0 Å². The Morgan fingerprint density at radius 3 is 2.47 bits per heavy atom. The second-order valence-corrected chi connectivity index (χ2v) is 8.33. The van der Waals surface area contributed by atoms with E-state index in [9.17, 15) is 14.9 Å². The molecule has 0 saturated carbocycles. The van der Waals surface area contributed by atoms with Crippen molar-refractivity contribution >= 4 is 29.0 Å². The van der Waals surface area contributed by atoms with Crippen LogP contribution >= 0.6 is 11.8 Å². The van der Waals surface area contributed by atoms with Gasteiger partial charge in [0.05, 0.1) is 10.5 Å². The molecular weight excluding hydrogens is 408 g/mol. The number of carbonyl (C=O) groups is 1. The van der Waals surface area contributed by atoms with E-state index in [0.29, 0.717) is 21.5 Å². The molecule has 156 valence electrons. The van der Waals surface area contributed by atoms with E-state index in [2.05, 4.69) is 20.8 Å². The van der Waals surface area contributed by atoms with Crippen molar-refractivity contribution in [2.75, 3.05) is 5.32 Å². The van der Waals surface area contributed by atoms with E-state index < -0.39 is 10.8 Å². The summed E-state index contributed by atoms with van der Waals surface area (Å²) < 4.78 is 7.21. The van der Waals surface area contributed by atoms with Crippen molar-refractivity contribution in [1.29, 1.82) is 0 Å². The van der Waals surface area contributed by atoms with E-state index >= 15 is 0 Å². The minimum atomic E-state index is -0.548. The van der Waals surface area contributed by atoms with Crippen LogP contribution in [-0.2, 0) is 7.05 Å². The Balaban J connectivity index is 1.85. The molecule has 1 heterocycles. The fraction of sp³-hybridized carbons (Fsp3) is 0.263. The fourth-order valence-corrected chi connectivity index (χ4v) is 3.30. The van der Waals surface area contributed by atoms with Crippen molar-refractivity contribution in [2.45, 2.75) is 36.4 Å². The summed E-state index contributed by atoms with van der Waals surface area (Å²) in [7, 11) is 1.66. The van der Waals surface area contributed by atoms with Crippen LogP contribution in [0.2, 0.25) is 0 Å². The number of ether oxygens (including phenoxy) is 1. The summed E-state index contributed by atoms with van der Waals surface area (Å²) in [5.74, 6) is 0.183. The molecule has 3 aromatic rings. The number of benzene rings is 2. The Hall–Kier alpha value is -3.47. The van der Waals surface area contributed by atoms with Crippen molar-refractivity contribution < 1.29 is 14.5 Å². The second kappa shape index (κ2) is 8.49. The molecule has 0 spiro atoms. The Morgan fingerprint density at radius 2 is 1.90 bits per heavy atom. The molecule has 0 fully saturated rings. The standard InChI is InChI=1S/C19H20N6O4S/c1-19(2,3)29-14-8-5-12(6-9-14)20-17(26)15-11-13(25(27)28)7-10-16(15)30-18-21-22-23-24(18)4/h5-11H,1-4H3,(H,20,26). The smallest absolute Gasteiger partial charge is 0.270 e. The van der Waals surface area contributed by atoms with Crippen molar-refractivity contribution in [1.82, 2.24) is 20.2 Å². The quantitative estimate of drug-likeness (QED) is 0.465. The van der Waals surface area contributed by atoms with Gasteiger partial charge in [-0.05, 0) is 73.3 Å². The van der Waals surface area contributed by atoms with E-state index in [1.807, 2.05) is 20.8 Å². The van der Waals surface area contributed by atoms with Crippen LogP contribution in [0.15, 0.2) is 52.5 Å². The predicted octanol–water partition coefficient (Wildman–Crippen LogP) is 3.70. The van der Waals surface area contributed by atoms with Gasteiger partial charge in [0.2, 0.25) is 5.16 Å². The number of aromatic nitrogens is 4. The molecule has 10 nitrogen and oxygen atoms in total. The van der Waals surface area contributed by atoms with Gasteiger partial charge in [-0.2, -0.15) is 0 Å². The summed E-state index contributed by atoms with van der Waals surface area (Å²) in [5.41, 5.74) is 0.153. The average Bonchev–Trinajstić information content (AvgIpc) is 3.07. The third-order valence-electron chi connectivity index (χ3n) is 3.74. The van der Waals surface area contributed by atoms with E-state index in [0.717, 1.165) is 11.8 Å². The number of nitro groups is 1. The van der Waals surface area contributed by atoms with Crippen LogP contribution in [0, 0.1) is 10.1 Å². The lowest BCUT2D eigenvalue weighted by atomic mass is 10.1. The zero-order valence-corrected chi connectivity index (χ0v) is 17.6. The first-order valence-corrected chi connectivity index (χ1v) is 9.73. The first kappa shape index (κ1) is 21.2. The third-order valence-corrected chi connectivity index (χ3v) is 4.84. The number of tetrazole rings is 1. The topological polar surface area (TPSA) is 125 Å². The van der Waals surface area contributed by atoms with Gasteiger partial charge in [-0.25, -0.2) is 4.68 Å². The number of hydrogen-bond donors (Lipinski definition) is 1. The summed E-state index contributed by atoms with van der Waals surface area (Å²) in [5, 5.41) is 25.6. The third kappa shape index (κ3) is 5.32. The van der Waals surface area contributed by atoms with Gasteiger partial charge in [-0.1, -0.05) is 0 Å². The SMILES string of the molecule is Cn1nnnc1Sc1ccc([N+](=O)[O-])cc1C(=O)Nc1ccc(OC(C)(C)C)cc1. The molecule has 0 unspecified atom stereocenters. The molecule has 0 aliphatic carbocycles. The number of aryl methyl sites for hydroxylation is 1. The number of nitrogens with one attached hydrogen (secondary N) is 1. The maximum Gasteiger partial charge on any atom is 0.270 e. The highest BCUT2D eigenvalue weighted by molar-refractivity contribution is 7.99. The summed E-state index contributed by atoms with van der Waals surface area (Å²) in [6.45, 7) is 5.82. The first-order valence-electron chi connectivity index (χ1n) is 8.91. The molecule has 1 N–H and O–H groups in total. The van der Waals surface area contributed by atoms with E-state index in [1.54, 1.807) is 31.3 Å². The Labute approximate surface area is 176 Å². The van der Waals surface area contributed by atoms with Crippen LogP contribution in [0.25, 0.3) is 0 Å². The lowest BCUT2D eigenvalue weighted by molar-refractivity contribution is -0.384. The summed E-state index contributed by atoms with van der Waals surface area (Å²) in [6, 6.07) is 11.0. The zero-order valence-electron chi connectivity index (χ0n) is 16.8. The summed E-state index contributed by atoms with van der Waals surface area (Å²) in [6.07, 6.45) is 0. The number of anilines is 1. The van der Waals surface area contributed by atoms with Gasteiger partial charge in [0, 0.05) is 29.8 Å². The molecule has 1 aromatic heterocycles. The molecule has 30 heavy (non-hydrogen) atoms. The zero-order chi connectivity index (χ0) is 21.9. The number of nitro benzene ring substituents is 1. The number of hydrogen-bond acceptors (Lipinski definition) is 8. The average molecular weight is 428 g/mol. The van der Waals surface area contributed by atoms with E-state index in [4.69, 9.17) is 4.74 Å². The van der Waals surface area contributed by atoms with Gasteiger partial charge in [0.1, 0.15) is 11.4 Å². The molecule has 0 radical (unpaired) electrons. The molecule has 0 atom stereocenters. The highest BCUT2D eigenvalue weighted by Crippen LogP contribution is 2.31. The van der Waals surface area contributed by atoms with Crippen molar-refractivity contribution in [2.24, 2.45) is 7.05 Å². The monoisotopic (exact) mass is 428 g/mol. The lowest BCUT2D eigenvalue weighted by Gasteiger charge is -2.21. The highest BCUT2D eigenvalue weighted by Gasteiger charge is 2.20. The van der Waals surface area contributed by atoms with Gasteiger partial charge in [0.15, 0.2) is 0 Å². The van der Waals surface area contributed by atoms with E-state index in [1.165, 1.54) is 22.9 Å². The number of carbonyl (C=O) groups excluding carboxylic acids is 1. The van der Waals surface area contributed by atoms with Crippen molar-refractivity contribution in [3.63, 3.8) is 0 Å². The molecule has 1 amide bonds. The maximum atomic E-state index is 12.9.